The smallest absolute Gasteiger partial charge is 0.239 e. The second kappa shape index (κ2) is 8.44. The molecule has 0 atom stereocenters. The lowest BCUT2D eigenvalue weighted by Crippen LogP contribution is -2.30. The van der Waals surface area contributed by atoms with Crippen LogP contribution < -0.4 is 5.32 Å². The van der Waals surface area contributed by atoms with Crippen molar-refractivity contribution in [2.24, 2.45) is 0 Å². The maximum Gasteiger partial charge on any atom is 0.239 e. The normalized spacial score (nSPS) is 14.6. The predicted molar refractivity (Wildman–Crippen MR) is 108 cm³/mol. The zero-order valence-electron chi connectivity index (χ0n) is 16.2. The number of furan rings is 1. The van der Waals surface area contributed by atoms with Crippen LogP contribution in [0, 0.1) is 0 Å². The molecule has 1 N–H and O–H groups in total. The van der Waals surface area contributed by atoms with Crippen molar-refractivity contribution >= 4 is 11.7 Å². The van der Waals surface area contributed by atoms with Gasteiger partial charge in [-0.25, -0.2) is 4.68 Å². The molecule has 0 saturated heterocycles. The molecule has 1 amide bonds. The number of nitrogens with zero attached hydrogens (tertiary/aromatic N) is 3. The number of aromatic nitrogens is 2. The van der Waals surface area contributed by atoms with Gasteiger partial charge in [0.1, 0.15) is 11.6 Å². The number of rotatable bonds is 7. The van der Waals surface area contributed by atoms with Crippen molar-refractivity contribution in [1.82, 2.24) is 14.7 Å². The lowest BCUT2D eigenvalue weighted by Gasteiger charge is -2.15. The number of para-hydroxylation sites is 1. The molecule has 28 heavy (non-hydrogen) atoms. The van der Waals surface area contributed by atoms with Gasteiger partial charge in [0.05, 0.1) is 30.7 Å². The molecule has 0 aliphatic heterocycles. The highest BCUT2D eigenvalue weighted by Crippen LogP contribution is 2.35. The Labute approximate surface area is 165 Å². The number of likely N-dealkylation sites (N-methyl/N-ethyl adjacent to an activating group) is 1. The molecular formula is C22H26N4O2. The van der Waals surface area contributed by atoms with Crippen LogP contribution in [0.4, 0.5) is 5.82 Å². The number of benzene rings is 1. The number of nitrogens with one attached hydrogen (secondary N) is 1. The van der Waals surface area contributed by atoms with Crippen LogP contribution in [-0.2, 0) is 11.3 Å². The highest BCUT2D eigenvalue weighted by Gasteiger charge is 2.22. The van der Waals surface area contributed by atoms with Crippen LogP contribution in [0.25, 0.3) is 5.69 Å². The van der Waals surface area contributed by atoms with E-state index < -0.39 is 0 Å². The fourth-order valence-corrected chi connectivity index (χ4v) is 3.83. The molecule has 3 aromatic rings. The quantitative estimate of drug-likeness (QED) is 0.669. The number of hydrogen-bond donors (Lipinski definition) is 1. The van der Waals surface area contributed by atoms with Crippen LogP contribution in [0.1, 0.15) is 43.1 Å². The molecule has 6 nitrogen and oxygen atoms in total. The summed E-state index contributed by atoms with van der Waals surface area (Å²) in [5.41, 5.74) is 2.02. The van der Waals surface area contributed by atoms with E-state index >= 15 is 0 Å². The molecule has 1 aromatic carbocycles. The molecule has 2 heterocycles. The first-order valence-electron chi connectivity index (χ1n) is 9.85. The number of carbonyl (C=O) groups excluding carboxylic acids is 1. The summed E-state index contributed by atoms with van der Waals surface area (Å²) in [4.78, 5) is 14.6. The lowest BCUT2D eigenvalue weighted by molar-refractivity contribution is -0.117. The van der Waals surface area contributed by atoms with E-state index in [1.165, 1.54) is 25.7 Å². The minimum atomic E-state index is -0.0656. The summed E-state index contributed by atoms with van der Waals surface area (Å²) in [7, 11) is 1.90. The second-order valence-corrected chi connectivity index (χ2v) is 7.48. The Kier molecular flexibility index (Phi) is 5.58. The highest BCUT2D eigenvalue weighted by molar-refractivity contribution is 5.91. The van der Waals surface area contributed by atoms with Crippen molar-refractivity contribution in [3.8, 4) is 5.69 Å². The molecule has 146 valence electrons. The highest BCUT2D eigenvalue weighted by atomic mass is 16.3. The monoisotopic (exact) mass is 378 g/mol. The van der Waals surface area contributed by atoms with Gasteiger partial charge in [0.25, 0.3) is 0 Å². The van der Waals surface area contributed by atoms with Gasteiger partial charge >= 0.3 is 0 Å². The Hall–Kier alpha value is -2.86. The van der Waals surface area contributed by atoms with Gasteiger partial charge in [-0.05, 0) is 44.2 Å². The Morgan fingerprint density at radius 1 is 1.21 bits per heavy atom. The molecule has 4 rings (SSSR count). The number of carbonyl (C=O) groups is 1. The number of hydrogen-bond acceptors (Lipinski definition) is 4. The minimum absolute atomic E-state index is 0.0656. The molecule has 0 spiro atoms. The predicted octanol–water partition coefficient (Wildman–Crippen LogP) is 4.19. The molecule has 2 aromatic heterocycles. The summed E-state index contributed by atoms with van der Waals surface area (Å²) in [5, 5.41) is 7.88. The Bertz CT molecular complexity index is 896. The average molecular weight is 378 g/mol. The van der Waals surface area contributed by atoms with Crippen molar-refractivity contribution in [3.05, 3.63) is 66.2 Å². The summed E-state index contributed by atoms with van der Waals surface area (Å²) in [6, 6.07) is 15.7. The first-order chi connectivity index (χ1) is 13.7. The van der Waals surface area contributed by atoms with E-state index in [4.69, 9.17) is 9.52 Å². The van der Waals surface area contributed by atoms with E-state index in [-0.39, 0.29) is 12.5 Å². The maximum absolute atomic E-state index is 12.6. The van der Waals surface area contributed by atoms with E-state index in [1.807, 2.05) is 65.2 Å². The van der Waals surface area contributed by atoms with Crippen LogP contribution >= 0.6 is 0 Å². The number of anilines is 1. The summed E-state index contributed by atoms with van der Waals surface area (Å²) >= 11 is 0. The summed E-state index contributed by atoms with van der Waals surface area (Å²) in [5.74, 6) is 1.99. The van der Waals surface area contributed by atoms with Crippen LogP contribution in [0.2, 0.25) is 0 Å². The van der Waals surface area contributed by atoms with Gasteiger partial charge in [0, 0.05) is 12.0 Å². The lowest BCUT2D eigenvalue weighted by atomic mass is 10.0. The average Bonchev–Trinajstić information content (AvgIpc) is 3.44. The standard InChI is InChI=1S/C22H26N4O2/c1-25(15-19-12-7-13-28-19)16-22(27)23-21-14-20(17-8-5-6-9-17)24-26(21)18-10-3-2-4-11-18/h2-4,7,10-14,17H,5-6,8-9,15-16H2,1H3,(H,23,27). The van der Waals surface area contributed by atoms with Gasteiger partial charge in [-0.1, -0.05) is 31.0 Å². The van der Waals surface area contributed by atoms with Gasteiger partial charge in [0.15, 0.2) is 0 Å². The van der Waals surface area contributed by atoms with Gasteiger partial charge < -0.3 is 9.73 Å². The summed E-state index contributed by atoms with van der Waals surface area (Å²) < 4.78 is 7.20. The van der Waals surface area contributed by atoms with Gasteiger partial charge in [-0.3, -0.25) is 9.69 Å². The van der Waals surface area contributed by atoms with Crippen LogP contribution in [0.5, 0.6) is 0 Å². The third-order valence-corrected chi connectivity index (χ3v) is 5.19. The molecule has 0 radical (unpaired) electrons. The SMILES string of the molecule is CN(CC(=O)Nc1cc(C2CCCC2)nn1-c1ccccc1)Cc1ccco1. The first-order valence-corrected chi connectivity index (χ1v) is 9.85. The van der Waals surface area contributed by atoms with Gasteiger partial charge in [-0.2, -0.15) is 5.10 Å². The summed E-state index contributed by atoms with van der Waals surface area (Å²) in [6.07, 6.45) is 6.49. The van der Waals surface area contributed by atoms with E-state index in [9.17, 15) is 4.79 Å². The zero-order chi connectivity index (χ0) is 19.3. The Morgan fingerprint density at radius 3 is 2.71 bits per heavy atom. The molecule has 1 fully saturated rings. The van der Waals surface area contributed by atoms with Crippen molar-refractivity contribution < 1.29 is 9.21 Å². The maximum atomic E-state index is 12.6. The third kappa shape index (κ3) is 4.34. The van der Waals surface area contributed by atoms with Gasteiger partial charge in [0.2, 0.25) is 5.91 Å². The van der Waals surface area contributed by atoms with E-state index in [1.54, 1.807) is 6.26 Å². The van der Waals surface area contributed by atoms with Crippen LogP contribution in [-0.4, -0.2) is 34.2 Å². The molecular weight excluding hydrogens is 352 g/mol. The van der Waals surface area contributed by atoms with Crippen molar-refractivity contribution in [2.75, 3.05) is 18.9 Å². The topological polar surface area (TPSA) is 63.3 Å². The molecule has 0 bridgehead atoms. The molecule has 6 heteroatoms. The Balaban J connectivity index is 1.49. The Morgan fingerprint density at radius 2 is 2.00 bits per heavy atom. The van der Waals surface area contributed by atoms with Crippen molar-refractivity contribution in [1.29, 1.82) is 0 Å². The fourth-order valence-electron chi connectivity index (χ4n) is 3.83. The largest absolute Gasteiger partial charge is 0.468 e. The molecule has 1 aliphatic rings. The number of amides is 1. The van der Waals surface area contributed by atoms with E-state index in [0.29, 0.717) is 12.5 Å². The molecule has 0 unspecified atom stereocenters. The zero-order valence-corrected chi connectivity index (χ0v) is 16.2. The molecule has 1 aliphatic carbocycles. The van der Waals surface area contributed by atoms with E-state index in [0.717, 1.165) is 23.0 Å². The van der Waals surface area contributed by atoms with Crippen molar-refractivity contribution in [2.45, 2.75) is 38.1 Å². The van der Waals surface area contributed by atoms with Crippen molar-refractivity contribution in [3.63, 3.8) is 0 Å². The minimum Gasteiger partial charge on any atom is -0.468 e. The van der Waals surface area contributed by atoms with Crippen LogP contribution in [0.15, 0.2) is 59.2 Å². The summed E-state index contributed by atoms with van der Waals surface area (Å²) in [6.45, 7) is 0.866. The first kappa shape index (κ1) is 18.5. The van der Waals surface area contributed by atoms with Crippen LogP contribution in [0.3, 0.4) is 0 Å². The second-order valence-electron chi connectivity index (χ2n) is 7.48. The third-order valence-electron chi connectivity index (χ3n) is 5.19. The fraction of sp³-hybridized carbons (Fsp3) is 0.364. The van der Waals surface area contributed by atoms with E-state index in [2.05, 4.69) is 5.32 Å². The van der Waals surface area contributed by atoms with Gasteiger partial charge in [-0.15, -0.1) is 0 Å². The molecule has 1 saturated carbocycles.